The second-order valence-corrected chi connectivity index (χ2v) is 6.32. The zero-order valence-corrected chi connectivity index (χ0v) is 13.2. The SMILES string of the molecule is CN1CCC(CN(C)c2ccc(Br)cc2C#N)CC1. The van der Waals surface area contributed by atoms with E-state index in [4.69, 9.17) is 0 Å². The number of piperidine rings is 1. The molecule has 19 heavy (non-hydrogen) atoms. The van der Waals surface area contributed by atoms with Gasteiger partial charge >= 0.3 is 0 Å². The van der Waals surface area contributed by atoms with Crippen molar-refractivity contribution < 1.29 is 0 Å². The number of likely N-dealkylation sites (tertiary alicyclic amines) is 1. The molecule has 1 aromatic carbocycles. The van der Waals surface area contributed by atoms with Gasteiger partial charge in [-0.2, -0.15) is 5.26 Å². The lowest BCUT2D eigenvalue weighted by atomic mass is 9.96. The lowest BCUT2D eigenvalue weighted by Crippen LogP contribution is -2.35. The van der Waals surface area contributed by atoms with E-state index in [2.05, 4.69) is 45.9 Å². The topological polar surface area (TPSA) is 30.3 Å². The molecule has 0 aliphatic carbocycles. The van der Waals surface area contributed by atoms with Gasteiger partial charge in [-0.05, 0) is 57.1 Å². The summed E-state index contributed by atoms with van der Waals surface area (Å²) in [6, 6.07) is 8.20. The third kappa shape index (κ3) is 3.71. The van der Waals surface area contributed by atoms with Crippen LogP contribution in [0.25, 0.3) is 0 Å². The predicted octanol–water partition coefficient (Wildman–Crippen LogP) is 3.10. The van der Waals surface area contributed by atoms with Crippen LogP contribution in [-0.4, -0.2) is 38.6 Å². The van der Waals surface area contributed by atoms with E-state index in [0.29, 0.717) is 0 Å². The molecule has 0 radical (unpaired) electrons. The molecule has 2 rings (SSSR count). The van der Waals surface area contributed by atoms with Crippen LogP contribution in [0, 0.1) is 17.2 Å². The van der Waals surface area contributed by atoms with E-state index < -0.39 is 0 Å². The Hall–Kier alpha value is -1.05. The molecule has 3 nitrogen and oxygen atoms in total. The molecule has 0 aromatic heterocycles. The molecular formula is C15H20BrN3. The second kappa shape index (κ2) is 6.40. The van der Waals surface area contributed by atoms with Crippen LogP contribution in [-0.2, 0) is 0 Å². The average molecular weight is 322 g/mol. The molecule has 0 saturated carbocycles. The summed E-state index contributed by atoms with van der Waals surface area (Å²) in [6.07, 6.45) is 2.50. The molecule has 1 aromatic rings. The molecule has 1 heterocycles. The molecule has 4 heteroatoms. The Labute approximate surface area is 123 Å². The highest BCUT2D eigenvalue weighted by Crippen LogP contribution is 2.25. The van der Waals surface area contributed by atoms with Gasteiger partial charge in [0.2, 0.25) is 0 Å². The van der Waals surface area contributed by atoms with Gasteiger partial charge in [-0.3, -0.25) is 0 Å². The number of rotatable bonds is 3. The Morgan fingerprint density at radius 1 is 1.42 bits per heavy atom. The molecule has 1 fully saturated rings. The van der Waals surface area contributed by atoms with Gasteiger partial charge < -0.3 is 9.80 Å². The zero-order chi connectivity index (χ0) is 13.8. The number of hydrogen-bond donors (Lipinski definition) is 0. The van der Waals surface area contributed by atoms with Crippen LogP contribution in [0.2, 0.25) is 0 Å². The van der Waals surface area contributed by atoms with Crippen LogP contribution >= 0.6 is 15.9 Å². The zero-order valence-electron chi connectivity index (χ0n) is 11.6. The van der Waals surface area contributed by atoms with Crippen molar-refractivity contribution in [1.29, 1.82) is 5.26 Å². The fourth-order valence-corrected chi connectivity index (χ4v) is 3.02. The lowest BCUT2D eigenvalue weighted by Gasteiger charge is -2.32. The third-order valence-electron chi connectivity index (χ3n) is 3.86. The molecule has 102 valence electrons. The highest BCUT2D eigenvalue weighted by molar-refractivity contribution is 9.10. The first-order valence-electron chi connectivity index (χ1n) is 6.69. The van der Waals surface area contributed by atoms with E-state index in [9.17, 15) is 5.26 Å². The molecule has 0 spiro atoms. The Morgan fingerprint density at radius 2 is 2.11 bits per heavy atom. The molecule has 0 unspecified atom stereocenters. The smallest absolute Gasteiger partial charge is 0.101 e. The summed E-state index contributed by atoms with van der Waals surface area (Å²) < 4.78 is 0.959. The van der Waals surface area contributed by atoms with Gasteiger partial charge in [-0.25, -0.2) is 0 Å². The normalized spacial score (nSPS) is 17.2. The number of nitriles is 1. The van der Waals surface area contributed by atoms with E-state index in [1.54, 1.807) is 0 Å². The molecule has 1 aliphatic heterocycles. The number of nitrogens with zero attached hydrogens (tertiary/aromatic N) is 3. The van der Waals surface area contributed by atoms with Gasteiger partial charge in [0.05, 0.1) is 11.3 Å². The van der Waals surface area contributed by atoms with E-state index in [1.165, 1.54) is 25.9 Å². The minimum absolute atomic E-state index is 0.733. The Bertz CT molecular complexity index is 473. The average Bonchev–Trinajstić information content (AvgIpc) is 2.41. The maximum Gasteiger partial charge on any atom is 0.101 e. The maximum absolute atomic E-state index is 9.23. The van der Waals surface area contributed by atoms with Gasteiger partial charge in [0, 0.05) is 18.1 Å². The molecule has 0 amide bonds. The summed E-state index contributed by atoms with van der Waals surface area (Å²) in [5.41, 5.74) is 1.77. The van der Waals surface area contributed by atoms with Crippen LogP contribution < -0.4 is 4.90 Å². The van der Waals surface area contributed by atoms with E-state index in [0.717, 1.165) is 28.2 Å². The van der Waals surface area contributed by atoms with Crippen molar-refractivity contribution in [1.82, 2.24) is 4.90 Å². The van der Waals surface area contributed by atoms with Crippen molar-refractivity contribution in [2.45, 2.75) is 12.8 Å². The van der Waals surface area contributed by atoms with Gasteiger partial charge in [0.15, 0.2) is 0 Å². The quantitative estimate of drug-likeness (QED) is 0.857. The summed E-state index contributed by atoms with van der Waals surface area (Å²) in [6.45, 7) is 3.40. The highest BCUT2D eigenvalue weighted by Gasteiger charge is 2.19. The van der Waals surface area contributed by atoms with Crippen molar-refractivity contribution in [3.05, 3.63) is 28.2 Å². The molecule has 0 atom stereocenters. The third-order valence-corrected chi connectivity index (χ3v) is 4.35. The molecule has 0 bridgehead atoms. The summed E-state index contributed by atoms with van der Waals surface area (Å²) in [5.74, 6) is 0.733. The van der Waals surface area contributed by atoms with Crippen molar-refractivity contribution >= 4 is 21.6 Å². The number of anilines is 1. The molecule has 1 aliphatic rings. The van der Waals surface area contributed by atoms with Crippen LogP contribution in [0.3, 0.4) is 0 Å². The highest BCUT2D eigenvalue weighted by atomic mass is 79.9. The number of halogens is 1. The van der Waals surface area contributed by atoms with Crippen LogP contribution in [0.1, 0.15) is 18.4 Å². The summed E-state index contributed by atoms with van der Waals surface area (Å²) in [5, 5.41) is 9.23. The van der Waals surface area contributed by atoms with E-state index in [-0.39, 0.29) is 0 Å². The standard InChI is InChI=1S/C15H20BrN3/c1-18-7-5-12(6-8-18)11-19(2)15-4-3-14(16)9-13(15)10-17/h3-4,9,12H,5-8,11H2,1-2H3. The largest absolute Gasteiger partial charge is 0.373 e. The number of benzene rings is 1. The maximum atomic E-state index is 9.23. The molecule has 0 N–H and O–H groups in total. The van der Waals surface area contributed by atoms with Crippen molar-refractivity contribution in [3.8, 4) is 6.07 Å². The number of hydrogen-bond acceptors (Lipinski definition) is 3. The monoisotopic (exact) mass is 321 g/mol. The van der Waals surface area contributed by atoms with Gasteiger partial charge in [-0.15, -0.1) is 0 Å². The Kier molecular flexibility index (Phi) is 4.84. The van der Waals surface area contributed by atoms with Gasteiger partial charge in [0.1, 0.15) is 6.07 Å². The molecule has 1 saturated heterocycles. The lowest BCUT2D eigenvalue weighted by molar-refractivity contribution is 0.222. The van der Waals surface area contributed by atoms with Crippen molar-refractivity contribution in [2.24, 2.45) is 5.92 Å². The minimum Gasteiger partial charge on any atom is -0.373 e. The van der Waals surface area contributed by atoms with Crippen LogP contribution in [0.4, 0.5) is 5.69 Å². The van der Waals surface area contributed by atoms with Gasteiger partial charge in [-0.1, -0.05) is 15.9 Å². The first-order chi connectivity index (χ1) is 9.10. The Balaban J connectivity index is 2.04. The minimum atomic E-state index is 0.733. The fraction of sp³-hybridized carbons (Fsp3) is 0.533. The fourth-order valence-electron chi connectivity index (χ4n) is 2.66. The Morgan fingerprint density at radius 3 is 2.74 bits per heavy atom. The summed E-state index contributed by atoms with van der Waals surface area (Å²) in [7, 11) is 4.27. The van der Waals surface area contributed by atoms with Crippen molar-refractivity contribution in [3.63, 3.8) is 0 Å². The second-order valence-electron chi connectivity index (χ2n) is 5.40. The first kappa shape index (κ1) is 14.4. The van der Waals surface area contributed by atoms with Gasteiger partial charge in [0.25, 0.3) is 0 Å². The predicted molar refractivity (Wildman–Crippen MR) is 82.3 cm³/mol. The van der Waals surface area contributed by atoms with Crippen LogP contribution in [0.15, 0.2) is 22.7 Å². The summed E-state index contributed by atoms with van der Waals surface area (Å²) >= 11 is 3.42. The van der Waals surface area contributed by atoms with E-state index in [1.807, 2.05) is 18.2 Å². The summed E-state index contributed by atoms with van der Waals surface area (Å²) in [4.78, 5) is 4.61. The van der Waals surface area contributed by atoms with E-state index >= 15 is 0 Å². The van der Waals surface area contributed by atoms with Crippen LogP contribution in [0.5, 0.6) is 0 Å². The first-order valence-corrected chi connectivity index (χ1v) is 7.49. The molecular weight excluding hydrogens is 302 g/mol. The van der Waals surface area contributed by atoms with Crippen molar-refractivity contribution in [2.75, 3.05) is 38.6 Å².